The predicted molar refractivity (Wildman–Crippen MR) is 100.0 cm³/mol. The second-order valence-electron chi connectivity index (χ2n) is 6.80. The molecule has 1 aromatic heterocycles. The molecule has 1 fully saturated rings. The van der Waals surface area contributed by atoms with Crippen LogP contribution in [-0.2, 0) is 11.2 Å². The van der Waals surface area contributed by atoms with Crippen LogP contribution in [0.15, 0.2) is 18.2 Å². The van der Waals surface area contributed by atoms with Gasteiger partial charge in [-0.25, -0.2) is 10.2 Å². The first kappa shape index (κ1) is 18.1. The van der Waals surface area contributed by atoms with Gasteiger partial charge in [0, 0.05) is 22.6 Å². The Morgan fingerprint density at radius 1 is 1.19 bits per heavy atom. The van der Waals surface area contributed by atoms with Gasteiger partial charge in [0.25, 0.3) is 0 Å². The highest BCUT2D eigenvalue weighted by molar-refractivity contribution is 5.91. The summed E-state index contributed by atoms with van der Waals surface area (Å²) in [5.41, 5.74) is 7.71. The Labute approximate surface area is 152 Å². The summed E-state index contributed by atoms with van der Waals surface area (Å²) in [6, 6.07) is 5.55. The summed E-state index contributed by atoms with van der Waals surface area (Å²) < 4.78 is 5.26. The molecular weight excluding hydrogens is 332 g/mol. The van der Waals surface area contributed by atoms with E-state index in [1.54, 1.807) is 7.11 Å². The molecular formula is C19H26N4O3. The number of fused-ring (bicyclic) bond motifs is 1. The highest BCUT2D eigenvalue weighted by Crippen LogP contribution is 2.26. The maximum Gasteiger partial charge on any atom is 0.333 e. The third-order valence-corrected chi connectivity index (χ3v) is 4.92. The first-order chi connectivity index (χ1) is 12.6. The van der Waals surface area contributed by atoms with E-state index in [0.717, 1.165) is 53.6 Å². The van der Waals surface area contributed by atoms with Gasteiger partial charge in [0.2, 0.25) is 5.91 Å². The van der Waals surface area contributed by atoms with Crippen LogP contribution in [0.25, 0.3) is 10.9 Å². The summed E-state index contributed by atoms with van der Waals surface area (Å²) in [6.07, 6.45) is 5.67. The maximum atomic E-state index is 12.3. The number of benzene rings is 1. The Morgan fingerprint density at radius 3 is 2.69 bits per heavy atom. The predicted octanol–water partition coefficient (Wildman–Crippen LogP) is 2.69. The molecule has 1 heterocycles. The zero-order valence-electron chi connectivity index (χ0n) is 15.3. The van der Waals surface area contributed by atoms with E-state index in [9.17, 15) is 9.59 Å². The average Bonchev–Trinajstić information content (AvgIpc) is 2.95. The summed E-state index contributed by atoms with van der Waals surface area (Å²) >= 11 is 0. The number of aryl methyl sites for hydroxylation is 1. The Hall–Kier alpha value is -2.70. The Morgan fingerprint density at radius 2 is 1.96 bits per heavy atom. The van der Waals surface area contributed by atoms with Crippen molar-refractivity contribution in [2.75, 3.05) is 7.11 Å². The highest BCUT2D eigenvalue weighted by atomic mass is 16.5. The number of carbonyl (C=O) groups excluding carboxylic acids is 2. The van der Waals surface area contributed by atoms with E-state index in [1.165, 1.54) is 6.42 Å². The molecule has 2 aromatic rings. The van der Waals surface area contributed by atoms with E-state index < -0.39 is 0 Å². The number of aromatic nitrogens is 1. The minimum absolute atomic E-state index is 0.169. The summed E-state index contributed by atoms with van der Waals surface area (Å²) in [7, 11) is 1.61. The van der Waals surface area contributed by atoms with E-state index in [-0.39, 0.29) is 24.4 Å². The fourth-order valence-corrected chi connectivity index (χ4v) is 3.52. The third-order valence-electron chi connectivity index (χ3n) is 4.92. The van der Waals surface area contributed by atoms with Gasteiger partial charge < -0.3 is 15.0 Å². The topological polar surface area (TPSA) is 95.2 Å². The molecule has 1 aliphatic rings. The number of rotatable bonds is 4. The molecule has 26 heavy (non-hydrogen) atoms. The molecule has 0 radical (unpaired) electrons. The number of hydrogen-bond acceptors (Lipinski definition) is 3. The van der Waals surface area contributed by atoms with Crippen molar-refractivity contribution >= 4 is 22.8 Å². The molecule has 1 aromatic carbocycles. The number of amides is 3. The van der Waals surface area contributed by atoms with Crippen LogP contribution in [0.5, 0.6) is 5.75 Å². The molecule has 1 saturated carbocycles. The normalized spacial score (nSPS) is 14.8. The van der Waals surface area contributed by atoms with Crippen molar-refractivity contribution in [2.45, 2.75) is 51.5 Å². The van der Waals surface area contributed by atoms with Crippen LogP contribution >= 0.6 is 0 Å². The second kappa shape index (κ2) is 8.12. The number of hydrogen-bond donors (Lipinski definition) is 4. The van der Waals surface area contributed by atoms with Gasteiger partial charge in [-0.15, -0.1) is 0 Å². The summed E-state index contributed by atoms with van der Waals surface area (Å²) in [5.74, 6) is 0.471. The number of H-pyrrole nitrogens is 1. The van der Waals surface area contributed by atoms with Gasteiger partial charge in [0.1, 0.15) is 5.75 Å². The zero-order chi connectivity index (χ0) is 18.5. The quantitative estimate of drug-likeness (QED) is 0.633. The van der Waals surface area contributed by atoms with E-state index in [0.29, 0.717) is 0 Å². The van der Waals surface area contributed by atoms with Gasteiger partial charge in [-0.3, -0.25) is 10.2 Å². The van der Waals surface area contributed by atoms with Crippen LogP contribution in [0.2, 0.25) is 0 Å². The summed E-state index contributed by atoms with van der Waals surface area (Å²) in [4.78, 5) is 27.4. The third kappa shape index (κ3) is 4.28. The lowest BCUT2D eigenvalue weighted by molar-refractivity contribution is -0.121. The molecule has 3 rings (SSSR count). The van der Waals surface area contributed by atoms with Gasteiger partial charge in [0.15, 0.2) is 0 Å². The zero-order valence-corrected chi connectivity index (χ0v) is 15.3. The molecule has 0 spiro atoms. The lowest BCUT2D eigenvalue weighted by atomic mass is 9.96. The monoisotopic (exact) mass is 358 g/mol. The molecule has 0 unspecified atom stereocenters. The smallest absolute Gasteiger partial charge is 0.333 e. The summed E-state index contributed by atoms with van der Waals surface area (Å²) in [6.45, 7) is 1.93. The Bertz CT molecular complexity index is 793. The molecule has 0 saturated heterocycles. The van der Waals surface area contributed by atoms with Gasteiger partial charge in [-0.2, -0.15) is 0 Å². The van der Waals surface area contributed by atoms with E-state index in [2.05, 4.69) is 21.2 Å². The van der Waals surface area contributed by atoms with Gasteiger partial charge in [-0.05, 0) is 43.5 Å². The molecule has 7 nitrogen and oxygen atoms in total. The number of nitrogens with one attached hydrogen (secondary N) is 4. The standard InChI is InChI=1S/C19H26N4O3/c1-12-15(16-10-14(26-2)8-9-17(16)20-12)11-18(24)22-23-19(25)21-13-6-4-3-5-7-13/h8-10,13,20H,3-7,11H2,1-2H3,(H,22,24)(H2,21,23,25). The number of urea groups is 1. The van der Waals surface area contributed by atoms with E-state index in [1.807, 2.05) is 25.1 Å². The Balaban J connectivity index is 1.57. The van der Waals surface area contributed by atoms with Crippen molar-refractivity contribution < 1.29 is 14.3 Å². The van der Waals surface area contributed by atoms with Crippen molar-refractivity contribution in [3.63, 3.8) is 0 Å². The Kier molecular flexibility index (Phi) is 5.65. The SMILES string of the molecule is COc1ccc2[nH]c(C)c(CC(=O)NNC(=O)NC3CCCCC3)c2c1. The van der Waals surface area contributed by atoms with Crippen LogP contribution in [0.1, 0.15) is 43.4 Å². The average molecular weight is 358 g/mol. The second-order valence-corrected chi connectivity index (χ2v) is 6.80. The number of hydrazine groups is 1. The minimum atomic E-state index is -0.359. The van der Waals surface area contributed by atoms with Crippen molar-refractivity contribution in [3.8, 4) is 5.75 Å². The van der Waals surface area contributed by atoms with Crippen LogP contribution in [0.3, 0.4) is 0 Å². The fraction of sp³-hybridized carbons (Fsp3) is 0.474. The molecule has 0 aliphatic heterocycles. The molecule has 0 atom stereocenters. The van der Waals surface area contributed by atoms with Crippen LogP contribution in [0.4, 0.5) is 4.79 Å². The van der Waals surface area contributed by atoms with Gasteiger partial charge >= 0.3 is 6.03 Å². The molecule has 1 aliphatic carbocycles. The molecule has 3 amide bonds. The van der Waals surface area contributed by atoms with Gasteiger partial charge in [-0.1, -0.05) is 19.3 Å². The molecule has 0 bridgehead atoms. The van der Waals surface area contributed by atoms with E-state index in [4.69, 9.17) is 4.74 Å². The molecule has 7 heteroatoms. The molecule has 140 valence electrons. The number of carbonyl (C=O) groups is 2. The van der Waals surface area contributed by atoms with Crippen molar-refractivity contribution in [1.29, 1.82) is 0 Å². The van der Waals surface area contributed by atoms with Crippen molar-refractivity contribution in [3.05, 3.63) is 29.5 Å². The lowest BCUT2D eigenvalue weighted by Crippen LogP contribution is -2.50. The molecule has 4 N–H and O–H groups in total. The fourth-order valence-electron chi connectivity index (χ4n) is 3.52. The number of methoxy groups -OCH3 is 1. The lowest BCUT2D eigenvalue weighted by Gasteiger charge is -2.22. The van der Waals surface area contributed by atoms with Gasteiger partial charge in [0.05, 0.1) is 13.5 Å². The first-order valence-corrected chi connectivity index (χ1v) is 9.07. The summed E-state index contributed by atoms with van der Waals surface area (Å²) in [5, 5.41) is 3.85. The van der Waals surface area contributed by atoms with Crippen LogP contribution < -0.4 is 20.9 Å². The largest absolute Gasteiger partial charge is 0.497 e. The number of aromatic amines is 1. The van der Waals surface area contributed by atoms with E-state index >= 15 is 0 Å². The van der Waals surface area contributed by atoms with Crippen molar-refractivity contribution in [1.82, 2.24) is 21.2 Å². The maximum absolute atomic E-state index is 12.3. The first-order valence-electron chi connectivity index (χ1n) is 9.07. The minimum Gasteiger partial charge on any atom is -0.497 e. The highest BCUT2D eigenvalue weighted by Gasteiger charge is 2.17. The number of ether oxygens (including phenoxy) is 1. The van der Waals surface area contributed by atoms with Crippen LogP contribution in [0, 0.1) is 6.92 Å². The van der Waals surface area contributed by atoms with Crippen LogP contribution in [-0.4, -0.2) is 30.1 Å². The van der Waals surface area contributed by atoms with Crippen molar-refractivity contribution in [2.24, 2.45) is 0 Å².